The average Bonchev–Trinajstić information content (AvgIpc) is 2.42. The van der Waals surface area contributed by atoms with Gasteiger partial charge in [-0.2, -0.15) is 0 Å². The Kier molecular flexibility index (Phi) is 5.13. The zero-order chi connectivity index (χ0) is 13.7. The number of nitrogens with one attached hydrogen (secondary N) is 2. The summed E-state index contributed by atoms with van der Waals surface area (Å²) in [5, 5.41) is 6.64. The van der Waals surface area contributed by atoms with Gasteiger partial charge in [-0.25, -0.2) is 4.98 Å². The molecule has 1 unspecified atom stereocenters. The van der Waals surface area contributed by atoms with Crippen LogP contribution in [0.3, 0.4) is 0 Å². The van der Waals surface area contributed by atoms with Gasteiger partial charge in [-0.05, 0) is 13.0 Å². The normalized spacial score (nSPS) is 20.2. The highest BCUT2D eigenvalue weighted by Crippen LogP contribution is 2.16. The topological polar surface area (TPSA) is 57.3 Å². The maximum absolute atomic E-state index is 12.0. The number of rotatable bonds is 4. The minimum atomic E-state index is -0.148. The molecule has 6 heteroatoms. The lowest BCUT2D eigenvalue weighted by Gasteiger charge is -2.35. The van der Waals surface area contributed by atoms with Gasteiger partial charge >= 0.3 is 0 Å². The summed E-state index contributed by atoms with van der Waals surface area (Å²) in [5.41, 5.74) is 0.959. The van der Waals surface area contributed by atoms with E-state index >= 15 is 0 Å². The molecule has 1 aromatic rings. The Hall–Kier alpha value is -1.17. The summed E-state index contributed by atoms with van der Waals surface area (Å²) in [7, 11) is 0. The van der Waals surface area contributed by atoms with Crippen molar-refractivity contribution >= 4 is 17.5 Å². The molecule has 1 aliphatic heterocycles. The van der Waals surface area contributed by atoms with Crippen molar-refractivity contribution in [2.45, 2.75) is 19.5 Å². The number of likely N-dealkylation sites (N-methyl/N-ethyl adjacent to an activating group) is 1. The highest BCUT2D eigenvalue weighted by Gasteiger charge is 2.28. The van der Waals surface area contributed by atoms with Crippen molar-refractivity contribution in [1.29, 1.82) is 0 Å². The summed E-state index contributed by atoms with van der Waals surface area (Å²) in [4.78, 5) is 18.3. The summed E-state index contributed by atoms with van der Waals surface area (Å²) in [6.07, 6.45) is 1.67. The zero-order valence-corrected chi connectivity index (χ0v) is 11.8. The van der Waals surface area contributed by atoms with Crippen molar-refractivity contribution in [1.82, 2.24) is 20.5 Å². The number of carbonyl (C=O) groups excluding carboxylic acids is 1. The van der Waals surface area contributed by atoms with Gasteiger partial charge in [0.05, 0.1) is 0 Å². The number of aromatic nitrogens is 1. The van der Waals surface area contributed by atoms with Crippen molar-refractivity contribution in [3.05, 3.63) is 29.0 Å². The van der Waals surface area contributed by atoms with Crippen LogP contribution in [-0.4, -0.2) is 48.0 Å². The Morgan fingerprint density at radius 3 is 3.26 bits per heavy atom. The molecular formula is C13H19ClN4O. The van der Waals surface area contributed by atoms with Gasteiger partial charge < -0.3 is 10.6 Å². The van der Waals surface area contributed by atoms with E-state index in [-0.39, 0.29) is 11.9 Å². The van der Waals surface area contributed by atoms with Crippen LogP contribution in [0.1, 0.15) is 12.5 Å². The fourth-order valence-electron chi connectivity index (χ4n) is 2.24. The number of piperazine rings is 1. The lowest BCUT2D eigenvalue weighted by atomic mass is 10.1. The summed E-state index contributed by atoms with van der Waals surface area (Å²) < 4.78 is 0. The van der Waals surface area contributed by atoms with E-state index in [0.717, 1.165) is 18.7 Å². The molecule has 0 bridgehead atoms. The van der Waals surface area contributed by atoms with Crippen molar-refractivity contribution in [3.63, 3.8) is 0 Å². The predicted molar refractivity (Wildman–Crippen MR) is 75.0 cm³/mol. The molecule has 0 spiro atoms. The summed E-state index contributed by atoms with van der Waals surface area (Å²) in [6, 6.07) is 3.67. The molecule has 0 saturated carbocycles. The molecule has 1 aliphatic rings. The van der Waals surface area contributed by atoms with Gasteiger partial charge in [0.2, 0.25) is 5.91 Å². The molecule has 1 atom stereocenters. The second-order valence-corrected chi connectivity index (χ2v) is 4.90. The number of carbonyl (C=O) groups is 1. The first-order valence-electron chi connectivity index (χ1n) is 6.54. The minimum Gasteiger partial charge on any atom is -0.355 e. The fourth-order valence-corrected chi connectivity index (χ4v) is 2.42. The van der Waals surface area contributed by atoms with Crippen LogP contribution in [0.15, 0.2) is 18.3 Å². The second-order valence-electron chi connectivity index (χ2n) is 4.54. The Bertz CT molecular complexity index is 440. The Balaban J connectivity index is 2.07. The Morgan fingerprint density at radius 2 is 2.53 bits per heavy atom. The van der Waals surface area contributed by atoms with Crippen LogP contribution < -0.4 is 10.6 Å². The third-order valence-corrected chi connectivity index (χ3v) is 3.56. The molecule has 0 radical (unpaired) electrons. The first-order valence-corrected chi connectivity index (χ1v) is 6.92. The molecule has 1 saturated heterocycles. The highest BCUT2D eigenvalue weighted by atomic mass is 35.5. The van der Waals surface area contributed by atoms with Crippen LogP contribution in [0.5, 0.6) is 0 Å². The van der Waals surface area contributed by atoms with E-state index in [4.69, 9.17) is 11.6 Å². The molecule has 1 amide bonds. The third-order valence-electron chi connectivity index (χ3n) is 3.22. The maximum Gasteiger partial charge on any atom is 0.238 e. The maximum atomic E-state index is 12.0. The van der Waals surface area contributed by atoms with Crippen LogP contribution >= 0.6 is 11.6 Å². The predicted octanol–water partition coefficient (Wildman–Crippen LogP) is 0.645. The number of halogens is 1. The van der Waals surface area contributed by atoms with E-state index in [9.17, 15) is 4.79 Å². The molecule has 2 heterocycles. The first kappa shape index (κ1) is 14.2. The van der Waals surface area contributed by atoms with E-state index in [1.807, 2.05) is 19.1 Å². The Morgan fingerprint density at radius 1 is 1.68 bits per heavy atom. The fraction of sp³-hybridized carbons (Fsp3) is 0.538. The average molecular weight is 283 g/mol. The molecule has 2 N–H and O–H groups in total. The van der Waals surface area contributed by atoms with Crippen LogP contribution in [0.25, 0.3) is 0 Å². The van der Waals surface area contributed by atoms with Gasteiger partial charge in [-0.3, -0.25) is 9.69 Å². The van der Waals surface area contributed by atoms with E-state index < -0.39 is 0 Å². The third kappa shape index (κ3) is 3.65. The van der Waals surface area contributed by atoms with E-state index in [1.165, 1.54) is 0 Å². The van der Waals surface area contributed by atoms with Gasteiger partial charge in [0.1, 0.15) is 11.2 Å². The van der Waals surface area contributed by atoms with Gasteiger partial charge in [-0.15, -0.1) is 0 Å². The van der Waals surface area contributed by atoms with Gasteiger partial charge in [-0.1, -0.05) is 17.7 Å². The number of amides is 1. The van der Waals surface area contributed by atoms with E-state index in [1.54, 1.807) is 6.20 Å². The largest absolute Gasteiger partial charge is 0.355 e. The molecule has 5 nitrogen and oxygen atoms in total. The van der Waals surface area contributed by atoms with Crippen LogP contribution in [0, 0.1) is 0 Å². The number of pyridine rings is 1. The molecule has 104 valence electrons. The Labute approximate surface area is 118 Å². The summed E-state index contributed by atoms with van der Waals surface area (Å²) >= 11 is 6.08. The summed E-state index contributed by atoms with van der Waals surface area (Å²) in [5.74, 6) is 0.0645. The van der Waals surface area contributed by atoms with E-state index in [0.29, 0.717) is 24.8 Å². The second kappa shape index (κ2) is 6.84. The summed E-state index contributed by atoms with van der Waals surface area (Å²) in [6.45, 7) is 5.61. The van der Waals surface area contributed by atoms with Gasteiger partial charge in [0.15, 0.2) is 0 Å². The van der Waals surface area contributed by atoms with Crippen molar-refractivity contribution in [2.24, 2.45) is 0 Å². The molecule has 2 rings (SSSR count). The van der Waals surface area contributed by atoms with Crippen molar-refractivity contribution < 1.29 is 4.79 Å². The quantitative estimate of drug-likeness (QED) is 0.796. The van der Waals surface area contributed by atoms with Crippen molar-refractivity contribution in [2.75, 3.05) is 26.2 Å². The van der Waals surface area contributed by atoms with Crippen LogP contribution in [0.4, 0.5) is 0 Å². The minimum absolute atomic E-state index is 0.0645. The SMILES string of the molecule is CCNC(=O)C1CNCCN1Cc1cccnc1Cl. The first-order chi connectivity index (χ1) is 9.22. The molecule has 0 aliphatic carbocycles. The monoisotopic (exact) mass is 282 g/mol. The lowest BCUT2D eigenvalue weighted by Crippen LogP contribution is -2.57. The van der Waals surface area contributed by atoms with Gasteiger partial charge in [0, 0.05) is 44.5 Å². The lowest BCUT2D eigenvalue weighted by molar-refractivity contribution is -0.127. The highest BCUT2D eigenvalue weighted by molar-refractivity contribution is 6.30. The van der Waals surface area contributed by atoms with Crippen LogP contribution in [0.2, 0.25) is 5.15 Å². The van der Waals surface area contributed by atoms with Crippen molar-refractivity contribution in [3.8, 4) is 0 Å². The number of nitrogens with zero attached hydrogens (tertiary/aromatic N) is 2. The van der Waals surface area contributed by atoms with Gasteiger partial charge in [0.25, 0.3) is 0 Å². The molecular weight excluding hydrogens is 264 g/mol. The smallest absolute Gasteiger partial charge is 0.238 e. The number of hydrogen-bond donors (Lipinski definition) is 2. The molecule has 1 aromatic heterocycles. The zero-order valence-electron chi connectivity index (χ0n) is 11.0. The molecule has 0 aromatic carbocycles. The molecule has 1 fully saturated rings. The number of hydrogen-bond acceptors (Lipinski definition) is 4. The standard InChI is InChI=1S/C13H19ClN4O/c1-2-16-13(19)11-8-15-6-7-18(11)9-10-4-3-5-17-12(10)14/h3-5,11,15H,2,6-9H2,1H3,(H,16,19). The van der Waals surface area contributed by atoms with E-state index in [2.05, 4.69) is 20.5 Å². The molecule has 19 heavy (non-hydrogen) atoms. The van der Waals surface area contributed by atoms with Crippen LogP contribution in [-0.2, 0) is 11.3 Å².